The first kappa shape index (κ1) is 34.4. The van der Waals surface area contributed by atoms with Gasteiger partial charge in [0.25, 0.3) is 0 Å². The molecule has 0 N–H and O–H groups in total. The molecule has 5 heterocycles. The molecule has 0 radical (unpaired) electrons. The average molecular weight is 800 g/mol. The van der Waals surface area contributed by atoms with E-state index in [4.69, 9.17) is 15.0 Å². The summed E-state index contributed by atoms with van der Waals surface area (Å²) in [5.74, 6) is 1.93. The summed E-state index contributed by atoms with van der Waals surface area (Å²) in [5, 5.41) is 5.11. The van der Waals surface area contributed by atoms with Crippen molar-refractivity contribution in [3.05, 3.63) is 206 Å². The minimum atomic E-state index is -0.0341. The molecule has 3 aromatic heterocycles. The molecule has 0 saturated carbocycles. The Kier molecular flexibility index (Phi) is 7.14. The highest BCUT2D eigenvalue weighted by molar-refractivity contribution is 6.90. The van der Waals surface area contributed by atoms with E-state index in [1.165, 1.54) is 88.0 Å². The SMILES string of the molecule is c1ccc(-c2nc(-c3ccccc3)nc(-c3ccc(-c4cc5c6c(c4-c4ccccc4)-c4cccc7c8ccccc8n(c47)B6c4cccc6c7ccccc7n-5c46)cc3)n2)cc1. The molecule has 14 rings (SSSR count). The van der Waals surface area contributed by atoms with Crippen LogP contribution in [0, 0.1) is 0 Å². The normalized spacial score (nSPS) is 12.4. The third-order valence-electron chi connectivity index (χ3n) is 13.4. The molecule has 0 bridgehead atoms. The van der Waals surface area contributed by atoms with Crippen LogP contribution in [0.3, 0.4) is 0 Å². The largest absolute Gasteiger partial charge is 0.375 e. The fourth-order valence-corrected chi connectivity index (χ4v) is 10.8. The minimum Gasteiger partial charge on any atom is -0.375 e. The maximum atomic E-state index is 5.07. The van der Waals surface area contributed by atoms with Crippen molar-refractivity contribution in [3.8, 4) is 73.2 Å². The first-order valence-electron chi connectivity index (χ1n) is 21.6. The van der Waals surface area contributed by atoms with Crippen LogP contribution >= 0.6 is 0 Å². The summed E-state index contributed by atoms with van der Waals surface area (Å²) >= 11 is 0. The van der Waals surface area contributed by atoms with Crippen molar-refractivity contribution < 1.29 is 0 Å². The smallest absolute Gasteiger partial charge is 0.333 e. The molecule has 0 atom stereocenters. The highest BCUT2D eigenvalue weighted by atomic mass is 15.0. The summed E-state index contributed by atoms with van der Waals surface area (Å²) in [4.78, 5) is 15.1. The number of fused-ring (bicyclic) bond motifs is 10. The Hall–Kier alpha value is -8.35. The Labute approximate surface area is 363 Å². The molecule has 0 saturated heterocycles. The molecule has 12 aromatic rings. The summed E-state index contributed by atoms with van der Waals surface area (Å²) < 4.78 is 5.20. The molecule has 5 nitrogen and oxygen atoms in total. The van der Waals surface area contributed by atoms with Gasteiger partial charge in [-0.25, -0.2) is 15.0 Å². The lowest BCUT2D eigenvalue weighted by Gasteiger charge is -2.36. The van der Waals surface area contributed by atoms with Crippen molar-refractivity contribution in [1.29, 1.82) is 0 Å². The summed E-state index contributed by atoms with van der Waals surface area (Å²) in [5.41, 5.74) is 19.0. The molecule has 9 aromatic carbocycles. The van der Waals surface area contributed by atoms with Crippen molar-refractivity contribution in [1.82, 2.24) is 24.0 Å². The van der Waals surface area contributed by atoms with E-state index in [-0.39, 0.29) is 6.85 Å². The van der Waals surface area contributed by atoms with Crippen molar-refractivity contribution in [3.63, 3.8) is 0 Å². The molecular weight excluding hydrogens is 765 g/mol. The van der Waals surface area contributed by atoms with Crippen LogP contribution < -0.4 is 10.9 Å². The van der Waals surface area contributed by atoms with Crippen LogP contribution in [0.1, 0.15) is 0 Å². The number of aromatic nitrogens is 5. The van der Waals surface area contributed by atoms with Gasteiger partial charge in [-0.1, -0.05) is 188 Å². The molecule has 0 amide bonds. The zero-order valence-corrected chi connectivity index (χ0v) is 33.9. The number of hydrogen-bond donors (Lipinski definition) is 0. The predicted octanol–water partition coefficient (Wildman–Crippen LogP) is 12.4. The third kappa shape index (κ3) is 4.86. The van der Waals surface area contributed by atoms with Crippen molar-refractivity contribution in [2.45, 2.75) is 0 Å². The van der Waals surface area contributed by atoms with Crippen molar-refractivity contribution >= 4 is 61.4 Å². The summed E-state index contributed by atoms with van der Waals surface area (Å²) in [7, 11) is 0. The Morgan fingerprint density at radius 2 is 0.841 bits per heavy atom. The highest BCUT2D eigenvalue weighted by Crippen LogP contribution is 2.49. The van der Waals surface area contributed by atoms with E-state index < -0.39 is 0 Å². The standard InChI is InChI=1S/C57H34BN5/c1-4-16-36(17-5-1)50-45(35-30-32-39(33-31-35)57-60-55(37-18-6-2-7-19-37)59-56(61-57)38-20-8-3-9-21-38)34-49-52-51(50)44-26-14-24-42-41-23-11-13-29-48(41)63(53(42)44)58(52)46-27-15-25-43-40-22-10-12-28-47(40)62(49)54(43)46/h1-34H. The molecule has 290 valence electrons. The number of rotatable bonds is 5. The number of para-hydroxylation sites is 4. The second-order valence-corrected chi connectivity index (χ2v) is 16.7. The number of hydrogen-bond acceptors (Lipinski definition) is 3. The molecule has 0 fully saturated rings. The molecule has 2 aliphatic rings. The van der Waals surface area contributed by atoms with Gasteiger partial charge in [-0.3, -0.25) is 0 Å². The molecule has 0 aliphatic carbocycles. The van der Waals surface area contributed by atoms with Crippen LogP contribution in [-0.2, 0) is 0 Å². The van der Waals surface area contributed by atoms with Crippen molar-refractivity contribution in [2.24, 2.45) is 0 Å². The molecular formula is C57H34BN5. The van der Waals surface area contributed by atoms with Crippen LogP contribution in [0.15, 0.2) is 206 Å². The fraction of sp³-hybridized carbons (Fsp3) is 0. The van der Waals surface area contributed by atoms with Gasteiger partial charge < -0.3 is 9.05 Å². The zero-order chi connectivity index (χ0) is 41.2. The van der Waals surface area contributed by atoms with E-state index in [9.17, 15) is 0 Å². The van der Waals surface area contributed by atoms with E-state index >= 15 is 0 Å². The van der Waals surface area contributed by atoms with E-state index in [1.807, 2.05) is 36.4 Å². The van der Waals surface area contributed by atoms with Gasteiger partial charge in [0.2, 0.25) is 0 Å². The zero-order valence-electron chi connectivity index (χ0n) is 33.9. The lowest BCUT2D eigenvalue weighted by atomic mass is 9.45. The topological polar surface area (TPSA) is 48.5 Å². The van der Waals surface area contributed by atoms with Crippen LogP contribution in [0.25, 0.3) is 117 Å². The Morgan fingerprint density at radius 3 is 1.49 bits per heavy atom. The van der Waals surface area contributed by atoms with Gasteiger partial charge in [-0.2, -0.15) is 0 Å². The predicted molar refractivity (Wildman–Crippen MR) is 260 cm³/mol. The lowest BCUT2D eigenvalue weighted by molar-refractivity contribution is 1.07. The van der Waals surface area contributed by atoms with Crippen LogP contribution in [0.5, 0.6) is 0 Å². The van der Waals surface area contributed by atoms with E-state index in [1.54, 1.807) is 0 Å². The maximum absolute atomic E-state index is 5.07. The van der Waals surface area contributed by atoms with Gasteiger partial charge in [-0.05, 0) is 56.9 Å². The monoisotopic (exact) mass is 799 g/mol. The first-order chi connectivity index (χ1) is 31.3. The van der Waals surface area contributed by atoms with Gasteiger partial charge in [0.1, 0.15) is 0 Å². The van der Waals surface area contributed by atoms with E-state index in [0.29, 0.717) is 17.5 Å². The minimum absolute atomic E-state index is 0.0341. The van der Waals surface area contributed by atoms with Gasteiger partial charge in [0.05, 0.1) is 11.0 Å². The Bertz CT molecular complexity index is 3780. The second-order valence-electron chi connectivity index (χ2n) is 16.7. The van der Waals surface area contributed by atoms with Crippen molar-refractivity contribution in [2.75, 3.05) is 0 Å². The number of benzene rings is 9. The molecule has 0 spiro atoms. The van der Waals surface area contributed by atoms with Crippen LogP contribution in [0.2, 0.25) is 0 Å². The number of nitrogens with zero attached hydrogens (tertiary/aromatic N) is 5. The molecule has 2 aliphatic heterocycles. The Morgan fingerprint density at radius 1 is 0.349 bits per heavy atom. The van der Waals surface area contributed by atoms with Crippen LogP contribution in [0.4, 0.5) is 0 Å². The molecule has 0 unspecified atom stereocenters. The van der Waals surface area contributed by atoms with Gasteiger partial charge >= 0.3 is 6.85 Å². The highest BCUT2D eigenvalue weighted by Gasteiger charge is 2.43. The quantitative estimate of drug-likeness (QED) is 0.163. The maximum Gasteiger partial charge on any atom is 0.333 e. The average Bonchev–Trinajstić information content (AvgIpc) is 3.89. The summed E-state index contributed by atoms with van der Waals surface area (Å²) in [6.07, 6.45) is 0. The van der Waals surface area contributed by atoms with E-state index in [2.05, 4.69) is 179 Å². The molecule has 6 heteroatoms. The fourth-order valence-electron chi connectivity index (χ4n) is 10.8. The summed E-state index contributed by atoms with van der Waals surface area (Å²) in [6.45, 7) is -0.0341. The molecule has 63 heavy (non-hydrogen) atoms. The van der Waals surface area contributed by atoms with Crippen LogP contribution in [-0.4, -0.2) is 30.8 Å². The van der Waals surface area contributed by atoms with Gasteiger partial charge in [-0.15, -0.1) is 0 Å². The first-order valence-corrected chi connectivity index (χ1v) is 21.6. The second kappa shape index (κ2) is 13.1. The van der Waals surface area contributed by atoms with E-state index in [0.717, 1.165) is 22.3 Å². The third-order valence-corrected chi connectivity index (χ3v) is 13.4. The summed E-state index contributed by atoms with van der Waals surface area (Å²) in [6, 6.07) is 74.3. The Balaban J connectivity index is 1.07. The van der Waals surface area contributed by atoms with Gasteiger partial charge in [0.15, 0.2) is 17.5 Å². The van der Waals surface area contributed by atoms with Gasteiger partial charge in [0, 0.05) is 60.5 Å². The lowest BCUT2D eigenvalue weighted by Crippen LogP contribution is -2.55.